The van der Waals surface area contributed by atoms with Crippen molar-refractivity contribution in [2.75, 3.05) is 12.8 Å². The first-order valence-electron chi connectivity index (χ1n) is 5.33. The van der Waals surface area contributed by atoms with Crippen LogP contribution in [0, 0.1) is 6.92 Å². The van der Waals surface area contributed by atoms with Crippen molar-refractivity contribution in [2.45, 2.75) is 6.92 Å². The average Bonchev–Trinajstić information content (AvgIpc) is 2.66. The Morgan fingerprint density at radius 1 is 1.50 bits per heavy atom. The van der Waals surface area contributed by atoms with Crippen molar-refractivity contribution in [3.8, 4) is 11.5 Å². The lowest BCUT2D eigenvalue weighted by Crippen LogP contribution is -1.98. The predicted octanol–water partition coefficient (Wildman–Crippen LogP) is 1.37. The second-order valence-electron chi connectivity index (χ2n) is 3.76. The van der Waals surface area contributed by atoms with Crippen molar-refractivity contribution in [1.82, 2.24) is 9.66 Å². The Hall–Kier alpha value is -2.50. The standard InChI is InChI=1S/C12H14N4O2/c1-8-7-16(12(13)15-8)14-6-9-3-4-10(17)5-11(9)18-2/h3-7,17H,1-2H3,(H2,13,15). The van der Waals surface area contributed by atoms with Gasteiger partial charge in [-0.25, -0.2) is 9.66 Å². The largest absolute Gasteiger partial charge is 0.508 e. The van der Waals surface area contributed by atoms with Gasteiger partial charge in [-0.3, -0.25) is 0 Å². The molecule has 2 rings (SSSR count). The first kappa shape index (κ1) is 12.0. The van der Waals surface area contributed by atoms with Crippen LogP contribution in [0.1, 0.15) is 11.3 Å². The van der Waals surface area contributed by atoms with Crippen molar-refractivity contribution in [2.24, 2.45) is 5.10 Å². The molecule has 0 aliphatic rings. The molecule has 0 aliphatic carbocycles. The van der Waals surface area contributed by atoms with Crippen LogP contribution < -0.4 is 10.5 Å². The van der Waals surface area contributed by atoms with E-state index >= 15 is 0 Å². The molecule has 2 aromatic rings. The Labute approximate surface area is 104 Å². The smallest absolute Gasteiger partial charge is 0.221 e. The van der Waals surface area contributed by atoms with Crippen molar-refractivity contribution < 1.29 is 9.84 Å². The van der Waals surface area contributed by atoms with Crippen molar-refractivity contribution in [3.05, 3.63) is 35.7 Å². The molecule has 1 aromatic heterocycles. The van der Waals surface area contributed by atoms with Crippen LogP contribution in [-0.2, 0) is 0 Å². The quantitative estimate of drug-likeness (QED) is 0.801. The summed E-state index contributed by atoms with van der Waals surface area (Å²) in [5.41, 5.74) is 7.20. The van der Waals surface area contributed by atoms with Gasteiger partial charge in [0, 0.05) is 11.6 Å². The molecule has 0 saturated carbocycles. The molecule has 0 radical (unpaired) electrons. The topological polar surface area (TPSA) is 85.7 Å². The zero-order valence-corrected chi connectivity index (χ0v) is 10.2. The van der Waals surface area contributed by atoms with Crippen molar-refractivity contribution >= 4 is 12.2 Å². The molecule has 0 fully saturated rings. The van der Waals surface area contributed by atoms with Crippen molar-refractivity contribution in [3.63, 3.8) is 0 Å². The lowest BCUT2D eigenvalue weighted by molar-refractivity contribution is 0.407. The number of aromatic hydroxyl groups is 1. The number of benzene rings is 1. The van der Waals surface area contributed by atoms with Crippen LogP contribution in [0.25, 0.3) is 0 Å². The van der Waals surface area contributed by atoms with Crippen LogP contribution in [-0.4, -0.2) is 28.1 Å². The highest BCUT2D eigenvalue weighted by molar-refractivity contribution is 5.83. The summed E-state index contributed by atoms with van der Waals surface area (Å²) in [5.74, 6) is 0.998. The van der Waals surface area contributed by atoms with E-state index in [0.717, 1.165) is 11.3 Å². The third-order valence-corrected chi connectivity index (χ3v) is 2.37. The number of imidazole rings is 1. The van der Waals surface area contributed by atoms with Gasteiger partial charge in [-0.1, -0.05) is 0 Å². The molecule has 0 unspecified atom stereocenters. The highest BCUT2D eigenvalue weighted by Crippen LogP contribution is 2.22. The molecule has 0 amide bonds. The zero-order chi connectivity index (χ0) is 13.1. The lowest BCUT2D eigenvalue weighted by Gasteiger charge is -2.04. The summed E-state index contributed by atoms with van der Waals surface area (Å²) in [7, 11) is 1.53. The molecule has 6 nitrogen and oxygen atoms in total. The minimum absolute atomic E-state index is 0.141. The van der Waals surface area contributed by atoms with E-state index in [1.54, 1.807) is 24.5 Å². The Bertz CT molecular complexity index is 590. The third-order valence-electron chi connectivity index (χ3n) is 2.37. The summed E-state index contributed by atoms with van der Waals surface area (Å²) in [6.07, 6.45) is 3.31. The van der Waals surface area contributed by atoms with Gasteiger partial charge >= 0.3 is 0 Å². The molecule has 6 heteroatoms. The lowest BCUT2D eigenvalue weighted by atomic mass is 10.2. The molecule has 0 bridgehead atoms. The van der Waals surface area contributed by atoms with Gasteiger partial charge in [0.2, 0.25) is 5.95 Å². The Morgan fingerprint density at radius 2 is 2.28 bits per heavy atom. The van der Waals surface area contributed by atoms with E-state index in [-0.39, 0.29) is 5.75 Å². The number of phenolic OH excluding ortho intramolecular Hbond substituents is 1. The van der Waals surface area contributed by atoms with E-state index in [9.17, 15) is 5.11 Å². The molecule has 3 N–H and O–H groups in total. The number of hydrogen-bond donors (Lipinski definition) is 2. The summed E-state index contributed by atoms with van der Waals surface area (Å²) in [6.45, 7) is 1.84. The Kier molecular flexibility index (Phi) is 3.18. The summed E-state index contributed by atoms with van der Waals surface area (Å²) in [4.78, 5) is 4.04. The number of phenols is 1. The molecule has 18 heavy (non-hydrogen) atoms. The van der Waals surface area contributed by atoms with Gasteiger partial charge in [0.25, 0.3) is 0 Å². The highest BCUT2D eigenvalue weighted by atomic mass is 16.5. The second kappa shape index (κ2) is 4.79. The molecule has 0 spiro atoms. The number of aryl methyl sites for hydroxylation is 1. The van der Waals surface area contributed by atoms with E-state index in [4.69, 9.17) is 10.5 Å². The summed E-state index contributed by atoms with van der Waals surface area (Å²) < 4.78 is 6.62. The van der Waals surface area contributed by atoms with Crippen molar-refractivity contribution in [1.29, 1.82) is 0 Å². The molecule has 0 atom stereocenters. The fourth-order valence-electron chi connectivity index (χ4n) is 1.53. The number of methoxy groups -OCH3 is 1. The second-order valence-corrected chi connectivity index (χ2v) is 3.76. The van der Waals surface area contributed by atoms with Gasteiger partial charge in [-0.2, -0.15) is 5.10 Å². The van der Waals surface area contributed by atoms with E-state index < -0.39 is 0 Å². The fraction of sp³-hybridized carbons (Fsp3) is 0.167. The van der Waals surface area contributed by atoms with Gasteiger partial charge in [0.1, 0.15) is 11.5 Å². The number of hydrogen-bond acceptors (Lipinski definition) is 5. The van der Waals surface area contributed by atoms with Crippen LogP contribution in [0.2, 0.25) is 0 Å². The zero-order valence-electron chi connectivity index (χ0n) is 10.2. The molecule has 0 aliphatic heterocycles. The average molecular weight is 246 g/mol. The van der Waals surface area contributed by atoms with Gasteiger partial charge in [-0.15, -0.1) is 0 Å². The highest BCUT2D eigenvalue weighted by Gasteiger charge is 2.03. The van der Waals surface area contributed by atoms with E-state index in [2.05, 4.69) is 10.1 Å². The Balaban J connectivity index is 2.31. The van der Waals surface area contributed by atoms with Gasteiger partial charge in [0.05, 0.1) is 25.2 Å². The molecule has 94 valence electrons. The first-order valence-corrected chi connectivity index (χ1v) is 5.33. The van der Waals surface area contributed by atoms with Crippen LogP contribution in [0.4, 0.5) is 5.95 Å². The Morgan fingerprint density at radius 3 is 2.89 bits per heavy atom. The maximum Gasteiger partial charge on any atom is 0.221 e. The number of nitrogens with two attached hydrogens (primary N) is 1. The SMILES string of the molecule is COc1cc(O)ccc1C=Nn1cc(C)nc1N. The normalized spacial score (nSPS) is 11.0. The number of nitrogen functional groups attached to an aromatic ring is 1. The number of ether oxygens (including phenoxy) is 1. The number of nitrogens with zero attached hydrogens (tertiary/aromatic N) is 3. The van der Waals surface area contributed by atoms with Crippen LogP contribution >= 0.6 is 0 Å². The summed E-state index contributed by atoms with van der Waals surface area (Å²) in [5, 5.41) is 13.5. The first-order chi connectivity index (χ1) is 8.60. The maximum absolute atomic E-state index is 9.34. The van der Waals surface area contributed by atoms with E-state index in [1.165, 1.54) is 17.9 Å². The van der Waals surface area contributed by atoms with Crippen LogP contribution in [0.3, 0.4) is 0 Å². The van der Waals surface area contributed by atoms with Crippen LogP contribution in [0.15, 0.2) is 29.5 Å². The number of anilines is 1. The summed E-state index contributed by atoms with van der Waals surface area (Å²) >= 11 is 0. The third kappa shape index (κ3) is 2.42. The fourth-order valence-corrected chi connectivity index (χ4v) is 1.53. The summed E-state index contributed by atoms with van der Waals surface area (Å²) in [6, 6.07) is 4.79. The molecule has 1 heterocycles. The molecular formula is C12H14N4O2. The number of rotatable bonds is 3. The van der Waals surface area contributed by atoms with Gasteiger partial charge < -0.3 is 15.6 Å². The minimum Gasteiger partial charge on any atom is -0.508 e. The van der Waals surface area contributed by atoms with Gasteiger partial charge in [-0.05, 0) is 19.1 Å². The predicted molar refractivity (Wildman–Crippen MR) is 69.0 cm³/mol. The van der Waals surface area contributed by atoms with Gasteiger partial charge in [0.15, 0.2) is 0 Å². The minimum atomic E-state index is 0.141. The molecule has 1 aromatic carbocycles. The monoisotopic (exact) mass is 246 g/mol. The molecular weight excluding hydrogens is 232 g/mol. The maximum atomic E-state index is 9.34. The molecule has 0 saturated heterocycles. The number of aromatic nitrogens is 2. The van der Waals surface area contributed by atoms with E-state index in [0.29, 0.717) is 11.7 Å². The van der Waals surface area contributed by atoms with Crippen LogP contribution in [0.5, 0.6) is 11.5 Å². The van der Waals surface area contributed by atoms with E-state index in [1.807, 2.05) is 6.92 Å².